The van der Waals surface area contributed by atoms with Gasteiger partial charge in [-0.1, -0.05) is 6.07 Å². The fourth-order valence-electron chi connectivity index (χ4n) is 5.35. The molecule has 3 aliphatic rings. The van der Waals surface area contributed by atoms with Gasteiger partial charge in [-0.3, -0.25) is 0 Å². The maximum Gasteiger partial charge on any atom is 0.180 e. The Balaban J connectivity index is 1.79. The molecule has 2 heterocycles. The van der Waals surface area contributed by atoms with E-state index in [1.54, 1.807) is 6.07 Å². The molecule has 24 heavy (non-hydrogen) atoms. The standard InChI is InChI=1S/C18H21N3O2S/c1-21-5-4-17-8-13-14(24-16(19)20-13)9-18(17,23)15(21)6-10-2-3-11(22)7-12(10)17/h2-3,7,15,22-23H,4-6,8-9H2,1H3,(H2,19,20)/t15-,17-,18-/m1/s1. The first-order valence-electron chi connectivity index (χ1n) is 8.42. The van der Waals surface area contributed by atoms with Gasteiger partial charge in [-0.15, -0.1) is 11.3 Å². The summed E-state index contributed by atoms with van der Waals surface area (Å²) in [5, 5.41) is 22.6. The Morgan fingerprint density at radius 2 is 2.21 bits per heavy atom. The molecule has 0 amide bonds. The van der Waals surface area contributed by atoms with Gasteiger partial charge in [-0.05, 0) is 49.7 Å². The molecule has 1 aromatic heterocycles. The smallest absolute Gasteiger partial charge is 0.180 e. The monoisotopic (exact) mass is 343 g/mol. The van der Waals surface area contributed by atoms with Gasteiger partial charge in [-0.25, -0.2) is 4.98 Å². The second-order valence-electron chi connectivity index (χ2n) is 7.57. The Morgan fingerprint density at radius 1 is 1.38 bits per heavy atom. The van der Waals surface area contributed by atoms with Gasteiger partial charge >= 0.3 is 0 Å². The number of phenols is 1. The summed E-state index contributed by atoms with van der Waals surface area (Å²) in [4.78, 5) is 7.95. The molecule has 0 radical (unpaired) electrons. The number of piperidine rings is 1. The number of nitrogens with zero attached hydrogens (tertiary/aromatic N) is 2. The van der Waals surface area contributed by atoms with Crippen molar-refractivity contribution >= 4 is 16.5 Å². The Morgan fingerprint density at radius 3 is 3.04 bits per heavy atom. The first-order chi connectivity index (χ1) is 11.4. The van der Waals surface area contributed by atoms with Crippen molar-refractivity contribution < 1.29 is 10.2 Å². The van der Waals surface area contributed by atoms with Crippen molar-refractivity contribution in [2.75, 3.05) is 19.3 Å². The molecule has 1 aliphatic heterocycles. The van der Waals surface area contributed by atoms with E-state index in [1.165, 1.54) is 16.9 Å². The van der Waals surface area contributed by atoms with E-state index in [-0.39, 0.29) is 17.2 Å². The fraction of sp³-hybridized carbons (Fsp3) is 0.500. The lowest BCUT2D eigenvalue weighted by atomic mass is 9.50. The van der Waals surface area contributed by atoms with Crippen LogP contribution in [0.25, 0.3) is 0 Å². The Bertz CT molecular complexity index is 851. The predicted molar refractivity (Wildman–Crippen MR) is 93.4 cm³/mol. The number of likely N-dealkylation sites (N-methyl/N-ethyl adjacent to an activating group) is 1. The highest BCUT2D eigenvalue weighted by atomic mass is 32.1. The van der Waals surface area contributed by atoms with Crippen molar-refractivity contribution in [3.8, 4) is 5.75 Å². The number of aromatic nitrogens is 1. The van der Waals surface area contributed by atoms with Gasteiger partial charge in [0.25, 0.3) is 0 Å². The van der Waals surface area contributed by atoms with Crippen LogP contribution in [0.3, 0.4) is 0 Å². The van der Waals surface area contributed by atoms with E-state index in [2.05, 4.69) is 16.9 Å². The average molecular weight is 343 g/mol. The molecule has 0 saturated carbocycles. The number of rotatable bonds is 0. The zero-order valence-corrected chi connectivity index (χ0v) is 14.4. The highest BCUT2D eigenvalue weighted by Crippen LogP contribution is 2.57. The summed E-state index contributed by atoms with van der Waals surface area (Å²) in [6.45, 7) is 0.941. The summed E-state index contributed by atoms with van der Waals surface area (Å²) in [6, 6.07) is 5.72. The molecule has 1 saturated heterocycles. The molecular formula is C18H21N3O2S. The van der Waals surface area contributed by atoms with E-state index in [4.69, 9.17) is 5.73 Å². The van der Waals surface area contributed by atoms with E-state index >= 15 is 0 Å². The van der Waals surface area contributed by atoms with E-state index < -0.39 is 5.60 Å². The molecule has 1 aromatic carbocycles. The number of phenolic OH excluding ortho intramolecular Hbond substituents is 1. The number of aromatic hydroxyl groups is 1. The molecule has 6 heteroatoms. The molecule has 5 rings (SSSR count). The summed E-state index contributed by atoms with van der Waals surface area (Å²) in [6.07, 6.45) is 2.98. The normalized spacial score (nSPS) is 34.3. The van der Waals surface area contributed by atoms with Crippen molar-refractivity contribution in [2.24, 2.45) is 0 Å². The van der Waals surface area contributed by atoms with Crippen molar-refractivity contribution in [3.63, 3.8) is 0 Å². The summed E-state index contributed by atoms with van der Waals surface area (Å²) in [7, 11) is 2.11. The van der Waals surface area contributed by atoms with Gasteiger partial charge in [-0.2, -0.15) is 0 Å². The van der Waals surface area contributed by atoms with Crippen molar-refractivity contribution in [1.29, 1.82) is 0 Å². The highest BCUT2D eigenvalue weighted by molar-refractivity contribution is 7.15. The van der Waals surface area contributed by atoms with Crippen LogP contribution in [0, 0.1) is 0 Å². The van der Waals surface area contributed by atoms with E-state index in [9.17, 15) is 10.2 Å². The molecule has 5 nitrogen and oxygen atoms in total. The van der Waals surface area contributed by atoms with Crippen LogP contribution in [0.5, 0.6) is 5.75 Å². The van der Waals surface area contributed by atoms with Gasteiger partial charge in [0.05, 0.1) is 11.3 Å². The molecule has 2 aromatic rings. The predicted octanol–water partition coefficient (Wildman–Crippen LogP) is 1.46. The van der Waals surface area contributed by atoms with Crippen LogP contribution < -0.4 is 5.73 Å². The molecule has 0 unspecified atom stereocenters. The van der Waals surface area contributed by atoms with E-state index in [0.29, 0.717) is 18.0 Å². The van der Waals surface area contributed by atoms with Crippen LogP contribution in [-0.4, -0.2) is 45.3 Å². The van der Waals surface area contributed by atoms with Crippen LogP contribution in [-0.2, 0) is 24.7 Å². The van der Waals surface area contributed by atoms with Crippen molar-refractivity contribution in [2.45, 2.75) is 42.7 Å². The summed E-state index contributed by atoms with van der Waals surface area (Å²) in [5.41, 5.74) is 8.09. The fourth-order valence-corrected chi connectivity index (χ4v) is 6.28. The van der Waals surface area contributed by atoms with Crippen LogP contribution in [0.1, 0.15) is 28.1 Å². The number of nitrogen functional groups attached to an aromatic ring is 1. The van der Waals surface area contributed by atoms with Crippen LogP contribution in [0.2, 0.25) is 0 Å². The van der Waals surface area contributed by atoms with E-state index in [1.807, 2.05) is 12.1 Å². The molecular weight excluding hydrogens is 322 g/mol. The van der Waals surface area contributed by atoms with Gasteiger partial charge in [0.2, 0.25) is 0 Å². The number of aliphatic hydroxyl groups is 1. The Kier molecular flexibility index (Phi) is 2.76. The minimum absolute atomic E-state index is 0.0831. The third-order valence-corrected chi connectivity index (χ3v) is 7.45. The molecule has 0 spiro atoms. The quantitative estimate of drug-likeness (QED) is 0.675. The summed E-state index contributed by atoms with van der Waals surface area (Å²) < 4.78 is 0. The van der Waals surface area contributed by atoms with Gasteiger partial charge in [0.15, 0.2) is 5.13 Å². The lowest BCUT2D eigenvalue weighted by Crippen LogP contribution is -2.73. The largest absolute Gasteiger partial charge is 0.508 e. The minimum Gasteiger partial charge on any atom is -0.508 e. The molecule has 1 fully saturated rings. The average Bonchev–Trinajstić information content (AvgIpc) is 2.87. The summed E-state index contributed by atoms with van der Waals surface area (Å²) in [5.74, 6) is 0.270. The number of fused-ring (bicyclic) bond motifs is 2. The van der Waals surface area contributed by atoms with E-state index in [0.717, 1.165) is 35.5 Å². The number of likely N-dealkylation sites (tertiary alicyclic amines) is 1. The Labute approximate surface area is 144 Å². The van der Waals surface area contributed by atoms with Crippen LogP contribution >= 0.6 is 11.3 Å². The van der Waals surface area contributed by atoms with Gasteiger partial charge < -0.3 is 20.8 Å². The van der Waals surface area contributed by atoms with Gasteiger partial charge in [0.1, 0.15) is 5.75 Å². The van der Waals surface area contributed by atoms with Crippen molar-refractivity contribution in [3.05, 3.63) is 39.9 Å². The molecule has 2 aliphatic carbocycles. The third kappa shape index (κ3) is 1.64. The third-order valence-electron chi connectivity index (χ3n) is 6.52. The molecule has 4 N–H and O–H groups in total. The molecule has 126 valence electrons. The maximum absolute atomic E-state index is 11.9. The topological polar surface area (TPSA) is 82.6 Å². The number of benzene rings is 1. The first kappa shape index (κ1) is 14.7. The molecule has 3 atom stereocenters. The second kappa shape index (κ2) is 4.50. The number of nitrogens with two attached hydrogens (primary N) is 1. The Hall–Kier alpha value is -1.63. The van der Waals surface area contributed by atoms with Crippen LogP contribution in [0.4, 0.5) is 5.13 Å². The summed E-state index contributed by atoms with van der Waals surface area (Å²) >= 11 is 1.50. The SMILES string of the molecule is CN1CC[C@]23Cc4nc(N)sc4C[C@@]2(O)[C@H]1Cc1ccc(O)cc13. The van der Waals surface area contributed by atoms with Crippen LogP contribution in [0.15, 0.2) is 18.2 Å². The maximum atomic E-state index is 11.9. The molecule has 2 bridgehead atoms. The number of anilines is 1. The number of thiazole rings is 1. The first-order valence-corrected chi connectivity index (χ1v) is 9.24. The second-order valence-corrected chi connectivity index (χ2v) is 8.69. The highest BCUT2D eigenvalue weighted by Gasteiger charge is 2.64. The van der Waals surface area contributed by atoms with Gasteiger partial charge in [0, 0.05) is 29.2 Å². The zero-order chi connectivity index (χ0) is 16.7. The zero-order valence-electron chi connectivity index (χ0n) is 13.6. The minimum atomic E-state index is -0.841. The number of hydrogen-bond donors (Lipinski definition) is 3. The number of hydrogen-bond acceptors (Lipinski definition) is 6. The lowest BCUT2D eigenvalue weighted by Gasteiger charge is -2.62. The lowest BCUT2D eigenvalue weighted by molar-refractivity contribution is -0.144. The van der Waals surface area contributed by atoms with Crippen molar-refractivity contribution in [1.82, 2.24) is 9.88 Å².